The third kappa shape index (κ3) is 32.1. The fourth-order valence-corrected chi connectivity index (χ4v) is 0.426. The Kier molecular flexibility index (Phi) is 14.4. The summed E-state index contributed by atoms with van der Waals surface area (Å²) in [5.74, 6) is -2.75. The fraction of sp³-hybridized carbons (Fsp3) is 0.500. The van der Waals surface area contributed by atoms with E-state index in [1.807, 2.05) is 0 Å². The van der Waals surface area contributed by atoms with Crippen LogP contribution in [0.3, 0.4) is 0 Å². The van der Waals surface area contributed by atoms with Crippen molar-refractivity contribution in [3.63, 3.8) is 0 Å². The van der Waals surface area contributed by atoms with E-state index in [9.17, 15) is 19.2 Å². The molecule has 0 saturated carbocycles. The van der Waals surface area contributed by atoms with E-state index < -0.39 is 11.9 Å². The molecule has 0 aliphatic heterocycles. The molecule has 84 valence electrons. The Morgan fingerprint density at radius 3 is 1.00 bits per heavy atom. The van der Waals surface area contributed by atoms with Gasteiger partial charge in [0.25, 0.3) is 0 Å². The molecule has 0 bridgehead atoms. The zero-order valence-electron chi connectivity index (χ0n) is 8.44. The molecule has 0 aromatic carbocycles. The molecule has 0 rings (SSSR count). The molecule has 0 radical (unpaired) electrons. The first-order valence-corrected chi connectivity index (χ1v) is 3.68. The summed E-state index contributed by atoms with van der Waals surface area (Å²) in [6.07, 6.45) is -0.722. The van der Waals surface area contributed by atoms with E-state index in [2.05, 4.69) is 0 Å². The summed E-state index contributed by atoms with van der Waals surface area (Å²) in [7, 11) is 0. The Morgan fingerprint density at radius 1 is 0.800 bits per heavy atom. The normalized spacial score (nSPS) is 7.60. The second-order valence-electron chi connectivity index (χ2n) is 2.55. The number of Topliss-reactive ketones (excluding diaryl/α,β-unsaturated/α-hetero) is 2. The van der Waals surface area contributed by atoms with Gasteiger partial charge in [-0.05, 0) is 13.8 Å². The van der Waals surface area contributed by atoms with Crippen molar-refractivity contribution in [2.75, 3.05) is 0 Å². The molecule has 0 aliphatic rings. The SMILES string of the molecule is CC(=O)CC(=O)O.CC(=O)CC(=O)O.[Ti]. The Hall–Kier alpha value is -1.01. The average Bonchev–Trinajstić information content (AvgIpc) is 1.79. The van der Waals surface area contributed by atoms with Crippen molar-refractivity contribution in [1.29, 1.82) is 0 Å². The van der Waals surface area contributed by atoms with Crippen LogP contribution in [0.1, 0.15) is 26.7 Å². The summed E-state index contributed by atoms with van der Waals surface area (Å²) in [6.45, 7) is 2.49. The number of hydrogen-bond donors (Lipinski definition) is 2. The molecule has 0 aliphatic carbocycles. The number of aliphatic carboxylic acids is 2. The first kappa shape index (κ1) is 19.5. The quantitative estimate of drug-likeness (QED) is 0.542. The molecular weight excluding hydrogens is 240 g/mol. The van der Waals surface area contributed by atoms with Crippen LogP contribution in [0.4, 0.5) is 0 Å². The largest absolute Gasteiger partial charge is 0.481 e. The molecule has 0 unspecified atom stereocenters. The number of hydrogen-bond acceptors (Lipinski definition) is 4. The second kappa shape index (κ2) is 11.1. The van der Waals surface area contributed by atoms with Crippen molar-refractivity contribution in [2.45, 2.75) is 26.7 Å². The third-order valence-corrected chi connectivity index (χ3v) is 0.800. The fourth-order valence-electron chi connectivity index (χ4n) is 0.426. The Morgan fingerprint density at radius 2 is 1.00 bits per heavy atom. The van der Waals surface area contributed by atoms with Gasteiger partial charge in [-0.25, -0.2) is 0 Å². The third-order valence-electron chi connectivity index (χ3n) is 0.800. The topological polar surface area (TPSA) is 109 Å². The molecule has 0 atom stereocenters. The molecule has 15 heavy (non-hydrogen) atoms. The van der Waals surface area contributed by atoms with Crippen LogP contribution in [0, 0.1) is 0 Å². The van der Waals surface area contributed by atoms with Crippen LogP contribution in [-0.4, -0.2) is 33.7 Å². The van der Waals surface area contributed by atoms with Crippen LogP contribution in [0.2, 0.25) is 0 Å². The maximum absolute atomic E-state index is 9.87. The van der Waals surface area contributed by atoms with Crippen LogP contribution in [0.25, 0.3) is 0 Å². The van der Waals surface area contributed by atoms with Crippen molar-refractivity contribution < 1.29 is 51.1 Å². The van der Waals surface area contributed by atoms with Gasteiger partial charge in [0.15, 0.2) is 0 Å². The number of ketones is 2. The molecule has 0 saturated heterocycles. The molecule has 6 nitrogen and oxygen atoms in total. The summed E-state index contributed by atoms with van der Waals surface area (Å²) in [5.41, 5.74) is 0. The van der Waals surface area contributed by atoms with Crippen molar-refractivity contribution in [1.82, 2.24) is 0 Å². The zero-order valence-corrected chi connectivity index (χ0v) is 10.0. The van der Waals surface area contributed by atoms with E-state index in [-0.39, 0.29) is 46.1 Å². The molecule has 0 amide bonds. The minimum absolute atomic E-state index is 0. The van der Waals surface area contributed by atoms with Gasteiger partial charge < -0.3 is 10.2 Å². The van der Waals surface area contributed by atoms with E-state index in [1.165, 1.54) is 13.8 Å². The van der Waals surface area contributed by atoms with Gasteiger partial charge >= 0.3 is 11.9 Å². The minimum atomic E-state index is -1.06. The summed E-state index contributed by atoms with van der Waals surface area (Å²) < 4.78 is 0. The van der Waals surface area contributed by atoms with Gasteiger partial charge in [0.1, 0.15) is 24.4 Å². The van der Waals surface area contributed by atoms with Crippen molar-refractivity contribution >= 4 is 23.5 Å². The van der Waals surface area contributed by atoms with Crippen LogP contribution in [0.15, 0.2) is 0 Å². The Bertz CT molecular complexity index is 198. The maximum atomic E-state index is 9.87. The number of carboxylic acids is 2. The number of carbonyl (C=O) groups is 4. The van der Waals surface area contributed by atoms with E-state index in [4.69, 9.17) is 10.2 Å². The molecule has 0 fully saturated rings. The summed E-state index contributed by atoms with van der Waals surface area (Å²) in [6, 6.07) is 0. The van der Waals surface area contributed by atoms with Crippen LogP contribution >= 0.6 is 0 Å². The average molecular weight is 252 g/mol. The van der Waals surface area contributed by atoms with E-state index in [1.54, 1.807) is 0 Å². The summed E-state index contributed by atoms with van der Waals surface area (Å²) >= 11 is 0. The van der Waals surface area contributed by atoms with Crippen LogP contribution in [0.5, 0.6) is 0 Å². The molecule has 0 heterocycles. The first-order chi connectivity index (χ1) is 6.25. The number of carboxylic acid groups (broad SMARTS) is 2. The molecule has 7 heteroatoms. The van der Waals surface area contributed by atoms with Crippen LogP contribution < -0.4 is 0 Å². The molecule has 0 spiro atoms. The maximum Gasteiger partial charge on any atom is 0.310 e. The standard InChI is InChI=1S/2C4H6O3.Ti/c2*1-3(5)2-4(6)7;/h2*2H2,1H3,(H,6,7);. The van der Waals surface area contributed by atoms with Gasteiger partial charge in [0, 0.05) is 21.7 Å². The van der Waals surface area contributed by atoms with Crippen molar-refractivity contribution in [2.24, 2.45) is 0 Å². The number of carbonyl (C=O) groups excluding carboxylic acids is 2. The van der Waals surface area contributed by atoms with Crippen molar-refractivity contribution in [3.05, 3.63) is 0 Å². The molecule has 0 aromatic rings. The molecule has 2 N–H and O–H groups in total. The first-order valence-electron chi connectivity index (χ1n) is 3.68. The predicted octanol–water partition coefficient (Wildman–Crippen LogP) is 0.0977. The predicted molar refractivity (Wildman–Crippen MR) is 45.9 cm³/mol. The Balaban J connectivity index is -0.000000180. The summed E-state index contributed by atoms with van der Waals surface area (Å²) in [4.78, 5) is 38.9. The van der Waals surface area contributed by atoms with E-state index in [0.29, 0.717) is 0 Å². The van der Waals surface area contributed by atoms with E-state index >= 15 is 0 Å². The summed E-state index contributed by atoms with van der Waals surface area (Å²) in [5, 5.41) is 15.7. The number of rotatable bonds is 4. The smallest absolute Gasteiger partial charge is 0.310 e. The van der Waals surface area contributed by atoms with E-state index in [0.717, 1.165) is 0 Å². The minimum Gasteiger partial charge on any atom is -0.481 e. The molecule has 0 aromatic heterocycles. The van der Waals surface area contributed by atoms with Crippen LogP contribution in [-0.2, 0) is 40.9 Å². The van der Waals surface area contributed by atoms with Gasteiger partial charge in [-0.15, -0.1) is 0 Å². The Labute approximate surface area is 102 Å². The van der Waals surface area contributed by atoms with Gasteiger partial charge in [-0.1, -0.05) is 0 Å². The second-order valence-corrected chi connectivity index (χ2v) is 2.55. The van der Waals surface area contributed by atoms with Gasteiger partial charge in [0.05, 0.1) is 0 Å². The van der Waals surface area contributed by atoms with Gasteiger partial charge in [-0.3, -0.25) is 19.2 Å². The van der Waals surface area contributed by atoms with Gasteiger partial charge in [-0.2, -0.15) is 0 Å². The zero-order chi connectivity index (χ0) is 11.7. The van der Waals surface area contributed by atoms with Gasteiger partial charge in [0.2, 0.25) is 0 Å². The van der Waals surface area contributed by atoms with Crippen molar-refractivity contribution in [3.8, 4) is 0 Å². The molecular formula is C8H12O6Ti. The monoisotopic (exact) mass is 252 g/mol.